The van der Waals surface area contributed by atoms with E-state index < -0.39 is 29.2 Å². The fourth-order valence-electron chi connectivity index (χ4n) is 4.45. The number of hydrogen-bond donors (Lipinski definition) is 3. The maximum absolute atomic E-state index is 14.1. The highest BCUT2D eigenvalue weighted by molar-refractivity contribution is 6.00. The summed E-state index contributed by atoms with van der Waals surface area (Å²) in [6.07, 6.45) is -0.137. The Hall–Kier alpha value is -4.51. The molecule has 3 N–H and O–H groups in total. The maximum atomic E-state index is 14.1. The van der Waals surface area contributed by atoms with Crippen LogP contribution in [0.5, 0.6) is 5.75 Å². The largest absolute Gasteiger partial charge is 0.494 e. The zero-order valence-electron chi connectivity index (χ0n) is 22.4. The number of carbonyl (C=O) groups excluding carboxylic acids is 1. The highest BCUT2D eigenvalue weighted by Gasteiger charge is 2.50. The number of rotatable bonds is 13. The lowest BCUT2D eigenvalue weighted by Gasteiger charge is -2.29. The summed E-state index contributed by atoms with van der Waals surface area (Å²) < 4.78 is 39.9. The van der Waals surface area contributed by atoms with E-state index in [1.165, 1.54) is 6.07 Å². The van der Waals surface area contributed by atoms with E-state index in [1.807, 2.05) is 6.07 Å². The molecule has 2 atom stereocenters. The number of nitrogens with zero attached hydrogens (tertiary/aromatic N) is 4. The zero-order chi connectivity index (χ0) is 29.2. The third-order valence-corrected chi connectivity index (χ3v) is 6.74. The highest BCUT2D eigenvalue weighted by Crippen LogP contribution is 2.34. The average molecular weight is 565 g/mol. The summed E-state index contributed by atoms with van der Waals surface area (Å²) >= 11 is 0. The molecule has 3 aromatic rings. The van der Waals surface area contributed by atoms with E-state index in [0.717, 1.165) is 23.3 Å². The van der Waals surface area contributed by atoms with Crippen LogP contribution in [-0.4, -0.2) is 41.8 Å². The second-order valence-corrected chi connectivity index (χ2v) is 9.39. The van der Waals surface area contributed by atoms with E-state index in [9.17, 15) is 13.6 Å². The van der Waals surface area contributed by atoms with Gasteiger partial charge in [-0.15, -0.1) is 0 Å². The van der Waals surface area contributed by atoms with Crippen LogP contribution in [0, 0.1) is 11.6 Å². The van der Waals surface area contributed by atoms with Crippen molar-refractivity contribution in [3.8, 4) is 5.75 Å². The lowest BCUT2D eigenvalue weighted by molar-refractivity contribution is -0.129. The second kappa shape index (κ2) is 13.7. The molecule has 1 aliphatic rings. The number of carbonyl (C=O) groups is 1. The third kappa shape index (κ3) is 6.98. The van der Waals surface area contributed by atoms with Crippen molar-refractivity contribution in [3.05, 3.63) is 111 Å². The van der Waals surface area contributed by atoms with Crippen LogP contribution in [0.2, 0.25) is 0 Å². The Morgan fingerprint density at radius 3 is 2.51 bits per heavy atom. The molecule has 1 heterocycles. The van der Waals surface area contributed by atoms with Crippen molar-refractivity contribution < 1.29 is 28.2 Å². The molecule has 1 amide bonds. The number of ether oxygens (including phenoxy) is 2. The van der Waals surface area contributed by atoms with E-state index in [2.05, 4.69) is 20.9 Å². The molecule has 4 rings (SSSR count). The topological polar surface area (TPSA) is 141 Å². The molecular formula is C29H30F2N6O4. The summed E-state index contributed by atoms with van der Waals surface area (Å²) in [5, 5.41) is 12.6. The molecule has 214 valence electrons. The van der Waals surface area contributed by atoms with Gasteiger partial charge in [0, 0.05) is 42.0 Å². The predicted octanol–water partition coefficient (Wildman–Crippen LogP) is 4.50. The average Bonchev–Trinajstić information content (AvgIpc) is 3.31. The second-order valence-electron chi connectivity index (χ2n) is 9.39. The minimum absolute atomic E-state index is 0.0286. The maximum Gasteiger partial charge on any atom is 0.266 e. The molecule has 0 radical (unpaired) electrons. The molecule has 0 saturated heterocycles. The number of amides is 1. The molecule has 0 bridgehead atoms. The number of hydrogen-bond acceptors (Lipinski definition) is 7. The first kappa shape index (κ1) is 29.5. The Balaban J connectivity index is 1.63. The first-order chi connectivity index (χ1) is 19.9. The van der Waals surface area contributed by atoms with Gasteiger partial charge in [-0.25, -0.2) is 19.2 Å². The molecule has 0 unspecified atom stereocenters. The smallest absolute Gasteiger partial charge is 0.266 e. The Labute approximate surface area is 235 Å². The number of aliphatic hydroxyl groups excluding tert-OH is 1. The van der Waals surface area contributed by atoms with Gasteiger partial charge in [-0.2, -0.15) is 0 Å². The van der Waals surface area contributed by atoms with Crippen molar-refractivity contribution in [2.45, 2.75) is 44.5 Å². The molecule has 41 heavy (non-hydrogen) atoms. The van der Waals surface area contributed by atoms with Gasteiger partial charge in [0.2, 0.25) is 5.90 Å². The van der Waals surface area contributed by atoms with E-state index in [0.29, 0.717) is 24.3 Å². The number of aliphatic imine (C=N–C) groups is 1. The van der Waals surface area contributed by atoms with Gasteiger partial charge in [0.1, 0.15) is 23.5 Å². The first-order valence-electron chi connectivity index (χ1n) is 13.0. The van der Waals surface area contributed by atoms with Gasteiger partial charge in [0.25, 0.3) is 5.91 Å². The summed E-state index contributed by atoms with van der Waals surface area (Å²) in [5.74, 6) is -1.21. The lowest BCUT2D eigenvalue weighted by atomic mass is 9.84. The number of hydrazine groups is 1. The van der Waals surface area contributed by atoms with E-state index >= 15 is 0 Å². The molecular weight excluding hydrogens is 534 g/mol. The van der Waals surface area contributed by atoms with Crippen LogP contribution < -0.4 is 15.6 Å². The van der Waals surface area contributed by atoms with Gasteiger partial charge in [-0.1, -0.05) is 35.4 Å². The van der Waals surface area contributed by atoms with Crippen LogP contribution in [0.3, 0.4) is 0 Å². The zero-order valence-corrected chi connectivity index (χ0v) is 22.4. The van der Waals surface area contributed by atoms with Crippen LogP contribution in [-0.2, 0) is 29.0 Å². The summed E-state index contributed by atoms with van der Waals surface area (Å²) in [4.78, 5) is 21.4. The summed E-state index contributed by atoms with van der Waals surface area (Å²) in [6.45, 7) is 1.90. The van der Waals surface area contributed by atoms with Crippen LogP contribution in [0.25, 0.3) is 10.4 Å². The molecule has 12 heteroatoms. The molecule has 1 aliphatic heterocycles. The van der Waals surface area contributed by atoms with Crippen LogP contribution in [0.1, 0.15) is 35.6 Å². The van der Waals surface area contributed by atoms with Gasteiger partial charge < -0.3 is 14.6 Å². The Morgan fingerprint density at radius 1 is 1.12 bits per heavy atom. The van der Waals surface area contributed by atoms with Gasteiger partial charge in [0.15, 0.2) is 5.54 Å². The molecule has 0 spiro atoms. The summed E-state index contributed by atoms with van der Waals surface area (Å²) in [6, 6.07) is 17.7. The Bertz CT molecular complexity index is 1430. The predicted molar refractivity (Wildman–Crippen MR) is 148 cm³/mol. The standard InChI is InChI=1S/C29H30F2N6O4/c1-19-29(16-21-6-2-3-7-22(21)17-34-37-32,28(39)36-33-18-24-25(30)8-4-9-26(24)31)35-27(41-19)20-10-12-23(13-11-20)40-15-5-14-38/h2-4,6-13,19,33,38H,5,14-18H2,1H3,(H,36,39)/t19-,29-/m0/s1. The molecule has 3 aromatic carbocycles. The fourth-order valence-corrected chi connectivity index (χ4v) is 4.45. The van der Waals surface area contributed by atoms with Gasteiger partial charge >= 0.3 is 0 Å². The summed E-state index contributed by atoms with van der Waals surface area (Å²) in [7, 11) is 0. The lowest BCUT2D eigenvalue weighted by Crippen LogP contribution is -2.56. The van der Waals surface area contributed by atoms with E-state index in [1.54, 1.807) is 49.4 Å². The third-order valence-electron chi connectivity index (χ3n) is 6.74. The van der Waals surface area contributed by atoms with Crippen LogP contribution in [0.4, 0.5) is 8.78 Å². The van der Waals surface area contributed by atoms with Crippen molar-refractivity contribution in [2.24, 2.45) is 10.1 Å². The number of halogens is 2. The van der Waals surface area contributed by atoms with E-state index in [-0.39, 0.29) is 37.6 Å². The molecule has 0 aliphatic carbocycles. The minimum atomic E-state index is -1.47. The monoisotopic (exact) mass is 564 g/mol. The Morgan fingerprint density at radius 2 is 1.83 bits per heavy atom. The van der Waals surface area contributed by atoms with Gasteiger partial charge in [-0.05, 0) is 60.0 Å². The van der Waals surface area contributed by atoms with Crippen LogP contribution >= 0.6 is 0 Å². The Kier molecular flexibility index (Phi) is 9.86. The number of aliphatic hydroxyl groups is 1. The minimum Gasteiger partial charge on any atom is -0.494 e. The fraction of sp³-hybridized carbons (Fsp3) is 0.310. The normalized spacial score (nSPS) is 17.8. The first-order valence-corrected chi connectivity index (χ1v) is 13.0. The SMILES string of the molecule is C[C@@H]1OC(c2ccc(OCCCO)cc2)=N[C@]1(Cc1ccccc1CN=[N+]=[N-])C(=O)NNCc1c(F)cccc1F. The molecule has 0 fully saturated rings. The number of nitrogens with one attached hydrogen (secondary N) is 2. The molecule has 10 nitrogen and oxygen atoms in total. The molecule has 0 aromatic heterocycles. The van der Waals surface area contributed by atoms with Gasteiger partial charge in [-0.3, -0.25) is 10.2 Å². The number of azide groups is 1. The van der Waals surface area contributed by atoms with Crippen molar-refractivity contribution in [2.75, 3.05) is 13.2 Å². The van der Waals surface area contributed by atoms with Gasteiger partial charge in [0.05, 0.1) is 13.2 Å². The van der Waals surface area contributed by atoms with Crippen molar-refractivity contribution in [1.29, 1.82) is 0 Å². The summed E-state index contributed by atoms with van der Waals surface area (Å²) in [5.41, 5.74) is 14.4. The number of benzene rings is 3. The van der Waals surface area contributed by atoms with Crippen molar-refractivity contribution in [3.63, 3.8) is 0 Å². The quantitative estimate of drug-likeness (QED) is 0.0922. The van der Waals surface area contributed by atoms with Crippen LogP contribution in [0.15, 0.2) is 76.8 Å². The highest BCUT2D eigenvalue weighted by atomic mass is 19.1. The van der Waals surface area contributed by atoms with Crippen molar-refractivity contribution in [1.82, 2.24) is 10.9 Å². The van der Waals surface area contributed by atoms with E-state index in [4.69, 9.17) is 25.1 Å². The molecule has 0 saturated carbocycles. The van der Waals surface area contributed by atoms with Crippen molar-refractivity contribution >= 4 is 11.8 Å².